The van der Waals surface area contributed by atoms with Gasteiger partial charge in [0.05, 0.1) is 19.8 Å². The molecule has 3 rings (SSSR count). The maximum atomic E-state index is 12.6. The van der Waals surface area contributed by atoms with E-state index < -0.39 is 30.8 Å². The number of aromatic nitrogens is 4. The van der Waals surface area contributed by atoms with Gasteiger partial charge < -0.3 is 21.3 Å². The highest BCUT2D eigenvalue weighted by Gasteiger charge is 2.36. The second kappa shape index (κ2) is 17.9. The van der Waals surface area contributed by atoms with Gasteiger partial charge in [-0.25, -0.2) is 19.9 Å². The largest absolute Gasteiger partial charge is 0.387 e. The monoisotopic (exact) mass is 740 g/mol. The number of thiocarbonyl (C=S) groups is 2. The summed E-state index contributed by atoms with van der Waals surface area (Å²) in [6.07, 6.45) is 3.37. The molecular formula is C28H44N12O4S4. The zero-order valence-corrected chi connectivity index (χ0v) is 30.9. The second-order valence-electron chi connectivity index (χ2n) is 10.9. The molecule has 264 valence electrons. The molecule has 0 amide bonds. The molecule has 1 aliphatic heterocycles. The maximum Gasteiger partial charge on any atom is 0.339 e. The van der Waals surface area contributed by atoms with Crippen LogP contribution in [0.25, 0.3) is 0 Å². The minimum atomic E-state index is -0.537. The van der Waals surface area contributed by atoms with E-state index in [2.05, 4.69) is 19.9 Å². The van der Waals surface area contributed by atoms with Crippen LogP contribution in [0.15, 0.2) is 0 Å². The summed E-state index contributed by atoms with van der Waals surface area (Å²) in [5.41, 5.74) is 24.4. The van der Waals surface area contributed by atoms with Gasteiger partial charge in [-0.15, -0.1) is 0 Å². The van der Waals surface area contributed by atoms with Crippen LogP contribution in [0.5, 0.6) is 0 Å². The number of hydrogen-bond acceptors (Lipinski definition) is 12. The smallest absolute Gasteiger partial charge is 0.339 e. The fraction of sp³-hybridized carbons (Fsp3) is 0.571. The Labute approximate surface area is 295 Å². The van der Waals surface area contributed by atoms with Gasteiger partial charge in [-0.2, -0.15) is 21.0 Å². The van der Waals surface area contributed by atoms with Gasteiger partial charge in [0.15, 0.2) is 23.0 Å². The molecule has 2 aromatic heterocycles. The molecule has 1 aliphatic rings. The quantitative estimate of drug-likeness (QED) is 0.110. The standard InChI is InChI=1S/C28H44N12O4S4/c1-5-13-47(14-6-2)23(31)17-19(39(41)42)27(35-25(33-17)21(29)45)37-9-11-38(12-10-37)28-20(40(43)44)18(34-26(36-28)22(30)46)24(32)48(15-7-3)16-8-4/h5-16,31-32H2,1-4H3,(H2,29,45)(H2,30,46). The van der Waals surface area contributed by atoms with Crippen molar-refractivity contribution in [3.05, 3.63) is 43.3 Å². The molecule has 1 fully saturated rings. The van der Waals surface area contributed by atoms with Gasteiger partial charge in [-0.3, -0.25) is 31.7 Å². The predicted molar refractivity (Wildman–Crippen MR) is 206 cm³/mol. The average Bonchev–Trinajstić information content (AvgIpc) is 3.06. The van der Waals surface area contributed by atoms with Crippen molar-refractivity contribution in [1.82, 2.24) is 19.9 Å². The van der Waals surface area contributed by atoms with Gasteiger partial charge in [0.1, 0.15) is 9.98 Å². The molecule has 1 saturated heterocycles. The third-order valence-corrected chi connectivity index (χ3v) is 12.9. The van der Waals surface area contributed by atoms with Crippen LogP contribution < -0.4 is 32.7 Å². The van der Waals surface area contributed by atoms with Gasteiger partial charge in [0.25, 0.3) is 0 Å². The van der Waals surface area contributed by atoms with E-state index in [-0.39, 0.29) is 82.2 Å². The Balaban J connectivity index is 2.16. The first kappa shape index (κ1) is 39.1. The molecule has 3 heterocycles. The fourth-order valence-corrected chi connectivity index (χ4v) is 9.53. The minimum Gasteiger partial charge on any atom is -0.387 e. The summed E-state index contributed by atoms with van der Waals surface area (Å²) in [7, 11) is -0.920. The van der Waals surface area contributed by atoms with E-state index in [0.717, 1.165) is 48.7 Å². The third-order valence-electron chi connectivity index (χ3n) is 7.31. The third kappa shape index (κ3) is 9.03. The van der Waals surface area contributed by atoms with Crippen LogP contribution in [-0.2, 0) is 0 Å². The highest BCUT2D eigenvalue weighted by atomic mass is 32.2. The van der Waals surface area contributed by atoms with Crippen molar-refractivity contribution < 1.29 is 9.85 Å². The SMILES string of the molecule is CCCS(CCC)=C(N)c1nc(C(N)=S)nc(N2CCN(c3nc(C(N)=S)nc(C(N)=S(CCC)CCC)c3[N+](=O)[O-])CC2)c1[N+](=O)[O-]. The van der Waals surface area contributed by atoms with Crippen molar-refractivity contribution >= 4 is 88.4 Å². The zero-order chi connectivity index (χ0) is 35.7. The number of anilines is 2. The van der Waals surface area contributed by atoms with Crippen LogP contribution in [-0.4, -0.2) is 98.9 Å². The molecular weight excluding hydrogens is 697 g/mol. The van der Waals surface area contributed by atoms with E-state index in [1.54, 1.807) is 9.80 Å². The minimum absolute atomic E-state index is 0.0122. The molecule has 0 radical (unpaired) electrons. The number of rotatable bonds is 16. The van der Waals surface area contributed by atoms with Crippen molar-refractivity contribution in [3.63, 3.8) is 0 Å². The van der Waals surface area contributed by atoms with Crippen LogP contribution in [0.3, 0.4) is 0 Å². The van der Waals surface area contributed by atoms with Gasteiger partial charge in [-0.05, 0) is 48.7 Å². The van der Waals surface area contributed by atoms with Crippen molar-refractivity contribution in [2.45, 2.75) is 53.4 Å². The van der Waals surface area contributed by atoms with Crippen molar-refractivity contribution in [2.24, 2.45) is 22.9 Å². The topological polar surface area (TPSA) is 248 Å². The molecule has 0 atom stereocenters. The lowest BCUT2D eigenvalue weighted by molar-refractivity contribution is -0.385. The summed E-state index contributed by atoms with van der Waals surface area (Å²) >= 11 is 10.4. The lowest BCUT2D eigenvalue weighted by Crippen LogP contribution is -2.48. The Morgan fingerprint density at radius 1 is 0.646 bits per heavy atom. The lowest BCUT2D eigenvalue weighted by atomic mass is 10.2. The Hall–Kier alpha value is -3.30. The fourth-order valence-electron chi connectivity index (χ4n) is 5.26. The van der Waals surface area contributed by atoms with Gasteiger partial charge in [0.2, 0.25) is 11.6 Å². The molecule has 8 N–H and O–H groups in total. The van der Waals surface area contributed by atoms with E-state index in [1.165, 1.54) is 0 Å². The van der Waals surface area contributed by atoms with E-state index in [4.69, 9.17) is 47.4 Å². The molecule has 0 aromatic carbocycles. The van der Waals surface area contributed by atoms with Gasteiger partial charge >= 0.3 is 11.4 Å². The van der Waals surface area contributed by atoms with Crippen molar-refractivity contribution in [2.75, 3.05) is 59.0 Å². The molecule has 16 nitrogen and oxygen atoms in total. The first-order valence-corrected chi connectivity index (χ1v) is 19.6. The van der Waals surface area contributed by atoms with Gasteiger partial charge in [0, 0.05) is 26.2 Å². The Kier molecular flexibility index (Phi) is 14.6. The number of nitrogens with two attached hydrogens (primary N) is 4. The molecule has 0 saturated carbocycles. The number of nitro groups is 2. The Morgan fingerprint density at radius 3 is 1.17 bits per heavy atom. The van der Waals surface area contributed by atoms with Crippen molar-refractivity contribution in [3.8, 4) is 0 Å². The van der Waals surface area contributed by atoms with Crippen LogP contribution in [0.1, 0.15) is 76.4 Å². The van der Waals surface area contributed by atoms with Crippen LogP contribution >= 0.6 is 45.4 Å². The van der Waals surface area contributed by atoms with E-state index in [1.807, 2.05) is 27.7 Å². The molecule has 0 spiro atoms. The zero-order valence-electron chi connectivity index (χ0n) is 27.6. The normalized spacial score (nSPS) is 13.2. The Morgan fingerprint density at radius 2 is 0.938 bits per heavy atom. The molecule has 0 unspecified atom stereocenters. The molecule has 48 heavy (non-hydrogen) atoms. The molecule has 0 bridgehead atoms. The van der Waals surface area contributed by atoms with Crippen molar-refractivity contribution in [1.29, 1.82) is 0 Å². The molecule has 0 aliphatic carbocycles. The van der Waals surface area contributed by atoms with E-state index >= 15 is 0 Å². The number of piperazine rings is 1. The van der Waals surface area contributed by atoms with E-state index in [9.17, 15) is 20.2 Å². The highest BCUT2D eigenvalue weighted by molar-refractivity contribution is 8.16. The first-order valence-electron chi connectivity index (χ1n) is 15.6. The summed E-state index contributed by atoms with van der Waals surface area (Å²) in [5, 5.41) is 25.2. The van der Waals surface area contributed by atoms with Crippen LogP contribution in [0, 0.1) is 20.2 Å². The predicted octanol–water partition coefficient (Wildman–Crippen LogP) is 2.73. The summed E-state index contributed by atoms with van der Waals surface area (Å²) in [5.74, 6) is 3.01. The van der Waals surface area contributed by atoms with Gasteiger partial charge in [-0.1, -0.05) is 52.1 Å². The lowest BCUT2D eigenvalue weighted by Gasteiger charge is -2.35. The summed E-state index contributed by atoms with van der Waals surface area (Å²) in [4.78, 5) is 45.5. The second-order valence-corrected chi connectivity index (χ2v) is 16.2. The van der Waals surface area contributed by atoms with Crippen LogP contribution in [0.2, 0.25) is 0 Å². The molecule has 2 aromatic rings. The first-order chi connectivity index (χ1) is 22.8. The average molecular weight is 741 g/mol. The van der Waals surface area contributed by atoms with Crippen LogP contribution in [0.4, 0.5) is 23.0 Å². The maximum absolute atomic E-state index is 12.6. The highest BCUT2D eigenvalue weighted by Crippen LogP contribution is 2.35. The number of hydrogen-bond donors (Lipinski definition) is 4. The summed E-state index contributed by atoms with van der Waals surface area (Å²) in [6.45, 7) is 8.82. The summed E-state index contributed by atoms with van der Waals surface area (Å²) in [6, 6.07) is 0. The van der Waals surface area contributed by atoms with E-state index in [0.29, 0.717) is 9.98 Å². The molecule has 20 heteroatoms. The summed E-state index contributed by atoms with van der Waals surface area (Å²) < 4.78 is 0. The number of nitrogens with zero attached hydrogens (tertiary/aromatic N) is 8. The Bertz CT molecular complexity index is 1510.